The molecule has 1 saturated heterocycles. The van der Waals surface area contributed by atoms with E-state index >= 15 is 0 Å². The first-order chi connectivity index (χ1) is 17.8. The van der Waals surface area contributed by atoms with Gasteiger partial charge in [-0.05, 0) is 60.0 Å². The van der Waals surface area contributed by atoms with Gasteiger partial charge in [-0.2, -0.15) is 13.2 Å². The molecule has 2 aromatic carbocycles. The summed E-state index contributed by atoms with van der Waals surface area (Å²) in [5, 5.41) is 3.70. The highest BCUT2D eigenvalue weighted by molar-refractivity contribution is 6.30. The number of piperazine rings is 1. The third kappa shape index (κ3) is 5.91. The Kier molecular flexibility index (Phi) is 7.40. The lowest BCUT2D eigenvalue weighted by atomic mass is 9.82. The minimum atomic E-state index is -4.43. The van der Waals surface area contributed by atoms with E-state index in [1.54, 1.807) is 12.3 Å². The van der Waals surface area contributed by atoms with E-state index in [2.05, 4.69) is 20.1 Å². The van der Waals surface area contributed by atoms with Gasteiger partial charge in [0.2, 0.25) is 5.91 Å². The second-order valence-corrected chi connectivity index (χ2v) is 10.1. The van der Waals surface area contributed by atoms with Crippen LogP contribution in [0.1, 0.15) is 22.4 Å². The summed E-state index contributed by atoms with van der Waals surface area (Å²) in [4.78, 5) is 22.1. The number of anilines is 1. The Bertz CT molecular complexity index is 1240. The predicted octanol–water partition coefficient (Wildman–Crippen LogP) is 4.98. The molecule has 0 radical (unpaired) electrons. The van der Waals surface area contributed by atoms with Crippen LogP contribution in [0.4, 0.5) is 18.9 Å². The number of amides is 1. The van der Waals surface area contributed by atoms with E-state index < -0.39 is 17.7 Å². The van der Waals surface area contributed by atoms with Gasteiger partial charge < -0.3 is 10.2 Å². The van der Waals surface area contributed by atoms with Crippen LogP contribution in [0.2, 0.25) is 5.02 Å². The third-order valence-electron chi connectivity index (χ3n) is 7.19. The maximum atomic E-state index is 13.4. The van der Waals surface area contributed by atoms with Crippen molar-refractivity contribution in [3.05, 3.63) is 94.3 Å². The summed E-state index contributed by atoms with van der Waals surface area (Å²) in [5.74, 6) is -0.602. The van der Waals surface area contributed by atoms with Crippen molar-refractivity contribution in [1.82, 2.24) is 15.2 Å². The molecule has 0 bridgehead atoms. The normalized spacial score (nSPS) is 19.7. The molecule has 2 atom stereocenters. The van der Waals surface area contributed by atoms with E-state index in [9.17, 15) is 18.0 Å². The molecule has 1 amide bonds. The van der Waals surface area contributed by atoms with E-state index in [1.807, 2.05) is 42.5 Å². The summed E-state index contributed by atoms with van der Waals surface area (Å²) in [6.07, 6.45) is -1.86. The van der Waals surface area contributed by atoms with Gasteiger partial charge in [0.1, 0.15) is 0 Å². The highest BCUT2D eigenvalue weighted by Crippen LogP contribution is 2.40. The summed E-state index contributed by atoms with van der Waals surface area (Å²) >= 11 is 6.03. The Hall–Kier alpha value is -3.10. The molecule has 0 aliphatic carbocycles. The maximum absolute atomic E-state index is 13.4. The fourth-order valence-electron chi connectivity index (χ4n) is 5.34. The van der Waals surface area contributed by atoms with Crippen LogP contribution in [-0.4, -0.2) is 48.0 Å². The number of carbonyl (C=O) groups is 1. The minimum Gasteiger partial charge on any atom is -0.365 e. The molecule has 0 unspecified atom stereocenters. The van der Waals surface area contributed by atoms with Gasteiger partial charge in [0, 0.05) is 61.7 Å². The Labute approximate surface area is 219 Å². The molecule has 2 aliphatic rings. The van der Waals surface area contributed by atoms with Crippen LogP contribution in [0.15, 0.2) is 66.9 Å². The fraction of sp³-hybridized carbons (Fsp3) is 0.357. The van der Waals surface area contributed by atoms with Crippen molar-refractivity contribution < 1.29 is 18.0 Å². The topological polar surface area (TPSA) is 48.5 Å². The van der Waals surface area contributed by atoms with Gasteiger partial charge in [-0.15, -0.1) is 0 Å². The van der Waals surface area contributed by atoms with Gasteiger partial charge in [-0.25, -0.2) is 0 Å². The number of fused-ring (bicyclic) bond motifs is 3. The summed E-state index contributed by atoms with van der Waals surface area (Å²) in [7, 11) is 0. The number of halogens is 4. The van der Waals surface area contributed by atoms with Crippen LogP contribution in [0.25, 0.3) is 0 Å². The monoisotopic (exact) mass is 528 g/mol. The zero-order valence-corrected chi connectivity index (χ0v) is 21.0. The second-order valence-electron chi connectivity index (χ2n) is 9.64. The van der Waals surface area contributed by atoms with Crippen LogP contribution < -0.4 is 10.2 Å². The molecule has 9 heteroatoms. The first kappa shape index (κ1) is 25.5. The summed E-state index contributed by atoms with van der Waals surface area (Å²) in [6, 6.07) is 17.1. The Morgan fingerprint density at radius 2 is 1.89 bits per heavy atom. The molecule has 1 aromatic heterocycles. The van der Waals surface area contributed by atoms with Crippen molar-refractivity contribution in [1.29, 1.82) is 0 Å². The molecule has 3 heterocycles. The van der Waals surface area contributed by atoms with Crippen molar-refractivity contribution in [2.45, 2.75) is 31.6 Å². The molecule has 0 saturated carbocycles. The number of pyridine rings is 1. The van der Waals surface area contributed by atoms with Crippen molar-refractivity contribution in [3.63, 3.8) is 0 Å². The molecule has 3 aromatic rings. The highest BCUT2D eigenvalue weighted by Gasteiger charge is 2.42. The van der Waals surface area contributed by atoms with Crippen LogP contribution >= 0.6 is 11.6 Å². The number of aromatic nitrogens is 1. The number of alkyl halides is 3. The standard InChI is InChI=1S/C28H28ClF3N4O/c29-22-7-4-19(5-8-22)17-35-13-14-36-25-9-6-21(28(30,31)32)15-20(25)16-24(26(36)18-35)27(37)34-12-10-23-3-1-2-11-33-23/h1-9,11,15,24,26H,10,12-14,16-18H2,(H,34,37)/t24-,26-/m1/s1. The SMILES string of the molecule is O=C(NCCc1ccccn1)[C@@H]1Cc2cc(C(F)(F)F)ccc2N2CCN(Cc3ccc(Cl)cc3)C[C@H]12. The minimum absolute atomic E-state index is 0.137. The number of rotatable bonds is 6. The zero-order valence-electron chi connectivity index (χ0n) is 20.2. The fourth-order valence-corrected chi connectivity index (χ4v) is 5.47. The summed E-state index contributed by atoms with van der Waals surface area (Å²) < 4.78 is 40.3. The second kappa shape index (κ2) is 10.7. The van der Waals surface area contributed by atoms with Crippen LogP contribution in [0.3, 0.4) is 0 Å². The highest BCUT2D eigenvalue weighted by atomic mass is 35.5. The molecule has 5 rings (SSSR count). The van der Waals surface area contributed by atoms with Crippen molar-refractivity contribution in [3.8, 4) is 0 Å². The average molecular weight is 529 g/mol. The van der Waals surface area contributed by atoms with E-state index in [0.29, 0.717) is 36.6 Å². The quantitative estimate of drug-likeness (QED) is 0.490. The molecule has 0 spiro atoms. The van der Waals surface area contributed by atoms with E-state index in [4.69, 9.17) is 11.6 Å². The first-order valence-electron chi connectivity index (χ1n) is 12.4. The van der Waals surface area contributed by atoms with Gasteiger partial charge in [0.25, 0.3) is 0 Å². The smallest absolute Gasteiger partial charge is 0.365 e. The number of nitrogens with zero attached hydrogens (tertiary/aromatic N) is 3. The molecular weight excluding hydrogens is 501 g/mol. The molecule has 194 valence electrons. The van der Waals surface area contributed by atoms with Gasteiger partial charge in [0.05, 0.1) is 17.5 Å². The Morgan fingerprint density at radius 3 is 2.62 bits per heavy atom. The van der Waals surface area contributed by atoms with Crippen LogP contribution in [0.5, 0.6) is 0 Å². The predicted molar refractivity (Wildman–Crippen MR) is 137 cm³/mol. The van der Waals surface area contributed by atoms with Gasteiger partial charge in [0.15, 0.2) is 0 Å². The van der Waals surface area contributed by atoms with Gasteiger partial charge in [-0.3, -0.25) is 14.7 Å². The van der Waals surface area contributed by atoms with E-state index in [0.717, 1.165) is 36.1 Å². The third-order valence-corrected chi connectivity index (χ3v) is 7.44. The van der Waals surface area contributed by atoms with Crippen molar-refractivity contribution in [2.75, 3.05) is 31.1 Å². The number of benzene rings is 2. The molecule has 2 aliphatic heterocycles. The summed E-state index contributed by atoms with van der Waals surface area (Å²) in [6.45, 7) is 3.15. The number of carbonyl (C=O) groups excluding carboxylic acids is 1. The van der Waals surface area contributed by atoms with Crippen LogP contribution in [0, 0.1) is 5.92 Å². The van der Waals surface area contributed by atoms with Gasteiger partial charge >= 0.3 is 6.18 Å². The molecule has 37 heavy (non-hydrogen) atoms. The number of hydrogen-bond donors (Lipinski definition) is 1. The first-order valence-corrected chi connectivity index (χ1v) is 12.8. The van der Waals surface area contributed by atoms with Gasteiger partial charge in [-0.1, -0.05) is 29.8 Å². The van der Waals surface area contributed by atoms with Crippen LogP contribution in [-0.2, 0) is 30.4 Å². The zero-order chi connectivity index (χ0) is 26.0. The van der Waals surface area contributed by atoms with Crippen molar-refractivity contribution >= 4 is 23.2 Å². The molecule has 1 N–H and O–H groups in total. The average Bonchev–Trinajstić information content (AvgIpc) is 2.89. The number of nitrogens with one attached hydrogen (secondary N) is 1. The Morgan fingerprint density at radius 1 is 1.08 bits per heavy atom. The molecule has 1 fully saturated rings. The maximum Gasteiger partial charge on any atom is 0.416 e. The van der Waals surface area contributed by atoms with E-state index in [1.165, 1.54) is 6.07 Å². The molecular formula is C28H28ClF3N4O. The van der Waals surface area contributed by atoms with Crippen molar-refractivity contribution in [2.24, 2.45) is 5.92 Å². The lowest BCUT2D eigenvalue weighted by Gasteiger charge is -2.49. The lowest BCUT2D eigenvalue weighted by Crippen LogP contribution is -2.61. The number of hydrogen-bond acceptors (Lipinski definition) is 4. The lowest BCUT2D eigenvalue weighted by molar-refractivity contribution is -0.137. The Balaban J connectivity index is 1.36. The van der Waals surface area contributed by atoms with E-state index in [-0.39, 0.29) is 18.4 Å². The molecule has 5 nitrogen and oxygen atoms in total. The largest absolute Gasteiger partial charge is 0.416 e. The summed E-state index contributed by atoms with van der Waals surface area (Å²) in [5.41, 5.74) is 2.68.